The molecule has 1 aliphatic rings. The number of likely N-dealkylation sites (tertiary alicyclic amines) is 1. The van der Waals surface area contributed by atoms with Crippen LogP contribution < -0.4 is 0 Å². The molecular formula is C22H29N3O4. The Morgan fingerprint density at radius 1 is 1.21 bits per heavy atom. The maximum absolute atomic E-state index is 12.7. The van der Waals surface area contributed by atoms with Crippen molar-refractivity contribution < 1.29 is 19.4 Å². The predicted molar refractivity (Wildman–Crippen MR) is 109 cm³/mol. The Labute approximate surface area is 171 Å². The van der Waals surface area contributed by atoms with Crippen molar-refractivity contribution >= 4 is 11.9 Å². The molecule has 0 aliphatic carbocycles. The fourth-order valence-electron chi connectivity index (χ4n) is 3.97. The Hall–Kier alpha value is -2.67. The van der Waals surface area contributed by atoms with Crippen molar-refractivity contribution in [3.8, 4) is 0 Å². The highest BCUT2D eigenvalue weighted by Gasteiger charge is 2.39. The van der Waals surface area contributed by atoms with Crippen molar-refractivity contribution in [3.63, 3.8) is 0 Å². The number of ether oxygens (including phenoxy) is 1. The average Bonchev–Trinajstić information content (AvgIpc) is 3.24. The van der Waals surface area contributed by atoms with Crippen LogP contribution in [0.25, 0.3) is 0 Å². The molecule has 0 saturated carbocycles. The van der Waals surface area contributed by atoms with Gasteiger partial charge in [-0.3, -0.25) is 9.48 Å². The first-order valence-electron chi connectivity index (χ1n) is 9.93. The summed E-state index contributed by atoms with van der Waals surface area (Å²) in [5.41, 5.74) is 5.41. The molecule has 7 nitrogen and oxygen atoms in total. The zero-order chi connectivity index (χ0) is 21.1. The van der Waals surface area contributed by atoms with Gasteiger partial charge < -0.3 is 14.7 Å². The lowest BCUT2D eigenvalue weighted by atomic mass is 10.1. The van der Waals surface area contributed by atoms with Crippen molar-refractivity contribution in [3.05, 3.63) is 52.3 Å². The summed E-state index contributed by atoms with van der Waals surface area (Å²) < 4.78 is 7.24. The Kier molecular flexibility index (Phi) is 6.37. The minimum absolute atomic E-state index is 0.151. The summed E-state index contributed by atoms with van der Waals surface area (Å²) >= 11 is 0. The van der Waals surface area contributed by atoms with E-state index < -0.39 is 12.0 Å². The van der Waals surface area contributed by atoms with Crippen LogP contribution in [0.1, 0.15) is 40.9 Å². The van der Waals surface area contributed by atoms with Crippen LogP contribution in [0.4, 0.5) is 0 Å². The minimum Gasteiger partial charge on any atom is -0.480 e. The van der Waals surface area contributed by atoms with Crippen LogP contribution in [0.3, 0.4) is 0 Å². The lowest BCUT2D eigenvalue weighted by Crippen LogP contribution is -2.40. The number of carbonyl (C=O) groups excluding carboxylic acids is 1. The van der Waals surface area contributed by atoms with Crippen LogP contribution in [-0.4, -0.2) is 57.5 Å². The molecule has 1 saturated heterocycles. The summed E-state index contributed by atoms with van der Waals surface area (Å²) in [6.07, 6.45) is 0.924. The van der Waals surface area contributed by atoms with E-state index in [1.807, 2.05) is 18.5 Å². The van der Waals surface area contributed by atoms with E-state index in [-0.39, 0.29) is 18.4 Å². The number of amides is 1. The monoisotopic (exact) mass is 399 g/mol. The molecule has 2 unspecified atom stereocenters. The van der Waals surface area contributed by atoms with Crippen LogP contribution in [0.15, 0.2) is 24.3 Å². The molecule has 1 amide bonds. The first kappa shape index (κ1) is 21.0. The third kappa shape index (κ3) is 4.67. The van der Waals surface area contributed by atoms with Gasteiger partial charge in [-0.15, -0.1) is 0 Å². The van der Waals surface area contributed by atoms with Gasteiger partial charge in [-0.25, -0.2) is 4.79 Å². The zero-order valence-electron chi connectivity index (χ0n) is 17.5. The number of nitrogens with zero attached hydrogens (tertiary/aromatic N) is 3. The van der Waals surface area contributed by atoms with Crippen LogP contribution in [-0.2, 0) is 27.3 Å². The number of carboxylic acids is 1. The van der Waals surface area contributed by atoms with Crippen LogP contribution in [0.2, 0.25) is 0 Å². The average molecular weight is 399 g/mol. The van der Waals surface area contributed by atoms with E-state index in [0.29, 0.717) is 25.9 Å². The molecule has 1 N–H and O–H groups in total. The number of aliphatic carboxylic acids is 1. The van der Waals surface area contributed by atoms with Gasteiger partial charge in [-0.05, 0) is 38.3 Å². The molecular weight excluding hydrogens is 370 g/mol. The second-order valence-electron chi connectivity index (χ2n) is 7.79. The molecule has 2 atom stereocenters. The summed E-state index contributed by atoms with van der Waals surface area (Å²) in [4.78, 5) is 25.7. The molecule has 1 aliphatic heterocycles. The van der Waals surface area contributed by atoms with E-state index in [0.717, 1.165) is 17.0 Å². The van der Waals surface area contributed by atoms with E-state index in [1.165, 1.54) is 16.0 Å². The van der Waals surface area contributed by atoms with Crippen molar-refractivity contribution in [2.24, 2.45) is 0 Å². The molecule has 0 bridgehead atoms. The summed E-state index contributed by atoms with van der Waals surface area (Å²) in [7, 11) is 1.55. The summed E-state index contributed by atoms with van der Waals surface area (Å²) in [6.45, 7) is 7.05. The lowest BCUT2D eigenvalue weighted by Gasteiger charge is -2.21. The van der Waals surface area contributed by atoms with Gasteiger partial charge in [-0.1, -0.05) is 29.8 Å². The van der Waals surface area contributed by atoms with Gasteiger partial charge in [0.15, 0.2) is 0 Å². The number of methoxy groups -OCH3 is 1. The highest BCUT2D eigenvalue weighted by molar-refractivity contribution is 5.84. The topological polar surface area (TPSA) is 84.7 Å². The van der Waals surface area contributed by atoms with Crippen molar-refractivity contribution in [2.45, 2.75) is 58.7 Å². The second-order valence-corrected chi connectivity index (χ2v) is 7.79. The van der Waals surface area contributed by atoms with Crippen molar-refractivity contribution in [1.82, 2.24) is 14.7 Å². The second kappa shape index (κ2) is 8.78. The molecule has 2 aromatic rings. The molecule has 1 aromatic carbocycles. The molecule has 7 heteroatoms. The number of benzene rings is 1. The molecule has 2 heterocycles. The van der Waals surface area contributed by atoms with E-state index in [9.17, 15) is 14.7 Å². The maximum atomic E-state index is 12.7. The van der Waals surface area contributed by atoms with Crippen LogP contribution in [0.5, 0.6) is 0 Å². The number of carboxylic acid groups (broad SMARTS) is 1. The van der Waals surface area contributed by atoms with Gasteiger partial charge in [0.1, 0.15) is 6.04 Å². The molecule has 0 radical (unpaired) electrons. The highest BCUT2D eigenvalue weighted by atomic mass is 16.5. The van der Waals surface area contributed by atoms with E-state index in [4.69, 9.17) is 4.74 Å². The number of carbonyl (C=O) groups is 2. The normalized spacial score (nSPS) is 19.0. The summed E-state index contributed by atoms with van der Waals surface area (Å²) in [5.74, 6) is -1.13. The Bertz CT molecular complexity index is 888. The Morgan fingerprint density at radius 3 is 2.52 bits per heavy atom. The molecule has 1 fully saturated rings. The first-order chi connectivity index (χ1) is 13.8. The number of hydrogen-bond donors (Lipinski definition) is 1. The van der Waals surface area contributed by atoms with E-state index >= 15 is 0 Å². The SMILES string of the molecule is COC1CC(C(=O)O)N(C(=O)CCc2c(C)nn(Cc3ccc(C)cc3)c2C)C1. The third-order valence-electron chi connectivity index (χ3n) is 5.77. The molecule has 3 rings (SSSR count). The molecule has 1 aromatic heterocycles. The van der Waals surface area contributed by atoms with Crippen molar-refractivity contribution in [1.29, 1.82) is 0 Å². The van der Waals surface area contributed by atoms with Gasteiger partial charge in [0, 0.05) is 32.2 Å². The van der Waals surface area contributed by atoms with Crippen molar-refractivity contribution in [2.75, 3.05) is 13.7 Å². The smallest absolute Gasteiger partial charge is 0.326 e. The molecule has 29 heavy (non-hydrogen) atoms. The number of aromatic nitrogens is 2. The maximum Gasteiger partial charge on any atom is 0.326 e. The molecule has 156 valence electrons. The van der Waals surface area contributed by atoms with Gasteiger partial charge in [0.25, 0.3) is 0 Å². The first-order valence-corrected chi connectivity index (χ1v) is 9.93. The van der Waals surface area contributed by atoms with Gasteiger partial charge in [0.05, 0.1) is 18.3 Å². The number of aryl methyl sites for hydroxylation is 2. The highest BCUT2D eigenvalue weighted by Crippen LogP contribution is 2.23. The zero-order valence-corrected chi connectivity index (χ0v) is 17.5. The summed E-state index contributed by atoms with van der Waals surface area (Å²) in [5, 5.41) is 14.1. The summed E-state index contributed by atoms with van der Waals surface area (Å²) in [6, 6.07) is 7.56. The fraction of sp³-hybridized carbons (Fsp3) is 0.500. The van der Waals surface area contributed by atoms with Gasteiger partial charge in [-0.2, -0.15) is 5.10 Å². The standard InChI is InChI=1S/C22H29N3O4/c1-14-5-7-17(8-6-14)12-25-16(3)19(15(2)23-25)9-10-21(26)24-13-18(29-4)11-20(24)22(27)28/h5-8,18,20H,9-13H2,1-4H3,(H,27,28). The quantitative estimate of drug-likeness (QED) is 0.773. The van der Waals surface area contributed by atoms with Crippen LogP contribution in [0, 0.1) is 20.8 Å². The van der Waals surface area contributed by atoms with Gasteiger partial charge in [0.2, 0.25) is 5.91 Å². The van der Waals surface area contributed by atoms with E-state index in [1.54, 1.807) is 7.11 Å². The minimum atomic E-state index is -0.976. The lowest BCUT2D eigenvalue weighted by molar-refractivity contribution is -0.148. The predicted octanol–water partition coefficient (Wildman–Crippen LogP) is 2.49. The molecule has 0 spiro atoms. The third-order valence-corrected chi connectivity index (χ3v) is 5.77. The number of rotatable bonds is 7. The fourth-order valence-corrected chi connectivity index (χ4v) is 3.97. The van der Waals surface area contributed by atoms with E-state index in [2.05, 4.69) is 36.3 Å². The Morgan fingerprint density at radius 2 is 1.90 bits per heavy atom. The van der Waals surface area contributed by atoms with Crippen LogP contribution >= 0.6 is 0 Å². The Balaban J connectivity index is 1.67. The largest absolute Gasteiger partial charge is 0.480 e. The number of hydrogen-bond acceptors (Lipinski definition) is 4. The van der Waals surface area contributed by atoms with Gasteiger partial charge >= 0.3 is 5.97 Å².